The van der Waals surface area contributed by atoms with Crippen molar-refractivity contribution in [3.63, 3.8) is 0 Å². The summed E-state index contributed by atoms with van der Waals surface area (Å²) in [6.07, 6.45) is 0.811. The van der Waals surface area contributed by atoms with E-state index >= 15 is 0 Å². The highest BCUT2D eigenvalue weighted by atomic mass is 32.2. The van der Waals surface area contributed by atoms with Crippen LogP contribution >= 0.6 is 0 Å². The van der Waals surface area contributed by atoms with Crippen molar-refractivity contribution in [3.05, 3.63) is 126 Å². The van der Waals surface area contributed by atoms with E-state index in [1.165, 1.54) is 42.3 Å². The number of sulfonamides is 1. The fraction of sp³-hybridized carbons (Fsp3) is 0.235. The van der Waals surface area contributed by atoms with Crippen molar-refractivity contribution in [2.24, 2.45) is 0 Å². The normalized spacial score (nSPS) is 11.8. The molecular weight excluding hydrogens is 581 g/mol. The minimum atomic E-state index is -4.25. The molecule has 8 nitrogen and oxygen atoms in total. The highest BCUT2D eigenvalue weighted by Crippen LogP contribution is 2.28. The third-order valence-corrected chi connectivity index (χ3v) is 8.86. The van der Waals surface area contributed by atoms with E-state index in [0.717, 1.165) is 9.87 Å². The third kappa shape index (κ3) is 8.02. The first-order chi connectivity index (χ1) is 21.2. The summed E-state index contributed by atoms with van der Waals surface area (Å²) in [7, 11) is -2.79. The lowest BCUT2D eigenvalue weighted by Gasteiger charge is -2.34. The van der Waals surface area contributed by atoms with Gasteiger partial charge in [-0.1, -0.05) is 79.7 Å². The van der Waals surface area contributed by atoms with Crippen molar-refractivity contribution in [3.8, 4) is 5.75 Å². The van der Waals surface area contributed by atoms with Gasteiger partial charge in [-0.05, 0) is 42.3 Å². The van der Waals surface area contributed by atoms with E-state index in [4.69, 9.17) is 4.74 Å². The maximum Gasteiger partial charge on any atom is 0.264 e. The Morgan fingerprint density at radius 2 is 1.55 bits per heavy atom. The number of methoxy groups -OCH3 is 1. The second kappa shape index (κ2) is 15.2. The van der Waals surface area contributed by atoms with Crippen molar-refractivity contribution >= 4 is 27.5 Å². The van der Waals surface area contributed by atoms with Crippen LogP contribution < -0.4 is 14.4 Å². The number of amides is 2. The molecule has 0 fully saturated rings. The molecule has 0 bridgehead atoms. The molecule has 1 atom stereocenters. The lowest BCUT2D eigenvalue weighted by Crippen LogP contribution is -2.53. The summed E-state index contributed by atoms with van der Waals surface area (Å²) in [6, 6.07) is 28.3. The van der Waals surface area contributed by atoms with Crippen LogP contribution in [0.25, 0.3) is 0 Å². The maximum absolute atomic E-state index is 15.0. The van der Waals surface area contributed by atoms with Gasteiger partial charge in [-0.25, -0.2) is 12.8 Å². The molecular formula is C34H36FN3O5S. The van der Waals surface area contributed by atoms with Crippen molar-refractivity contribution in [2.45, 2.75) is 37.2 Å². The molecule has 4 rings (SSSR count). The molecule has 0 aromatic heterocycles. The standard InChI is InChI=1S/C34H36FN3O5S/c1-3-21-36-34(40)32(22-26-13-6-4-7-14-26)37(24-27-15-10-11-20-31(27)35)33(39)25-38(28-16-12-17-29(23-28)43-2)44(41,42)30-18-8-5-9-19-30/h4-20,23,32H,3,21-22,24-25H2,1-2H3,(H,36,40)/t32-/m0/s1. The molecule has 0 unspecified atom stereocenters. The number of benzene rings is 4. The zero-order valence-electron chi connectivity index (χ0n) is 24.7. The lowest BCUT2D eigenvalue weighted by molar-refractivity contribution is -0.140. The summed E-state index contributed by atoms with van der Waals surface area (Å²) < 4.78 is 49.3. The van der Waals surface area contributed by atoms with E-state index in [0.29, 0.717) is 18.7 Å². The van der Waals surface area contributed by atoms with Crippen molar-refractivity contribution in [2.75, 3.05) is 24.5 Å². The molecule has 0 spiro atoms. The molecule has 1 N–H and O–H groups in total. The Balaban J connectivity index is 1.81. The number of anilines is 1. The number of carbonyl (C=O) groups is 2. The van der Waals surface area contributed by atoms with Gasteiger partial charge < -0.3 is 15.0 Å². The van der Waals surface area contributed by atoms with Crippen molar-refractivity contribution < 1.29 is 27.1 Å². The predicted molar refractivity (Wildman–Crippen MR) is 168 cm³/mol. The van der Waals surface area contributed by atoms with Gasteiger partial charge in [0.05, 0.1) is 17.7 Å². The third-order valence-electron chi connectivity index (χ3n) is 7.07. The fourth-order valence-electron chi connectivity index (χ4n) is 4.74. The van der Waals surface area contributed by atoms with E-state index in [-0.39, 0.29) is 29.1 Å². The van der Waals surface area contributed by atoms with Gasteiger partial charge >= 0.3 is 0 Å². The van der Waals surface area contributed by atoms with Crippen LogP contribution in [0.1, 0.15) is 24.5 Å². The van der Waals surface area contributed by atoms with Crippen LogP contribution in [-0.2, 0) is 32.6 Å². The van der Waals surface area contributed by atoms with Crippen molar-refractivity contribution in [1.82, 2.24) is 10.2 Å². The molecule has 2 amide bonds. The number of ether oxygens (including phenoxy) is 1. The molecule has 0 aliphatic heterocycles. The minimum absolute atomic E-state index is 0.0159. The van der Waals surface area contributed by atoms with Gasteiger partial charge in [0.15, 0.2) is 0 Å². The molecule has 44 heavy (non-hydrogen) atoms. The summed E-state index contributed by atoms with van der Waals surface area (Å²) in [5.41, 5.74) is 1.18. The number of nitrogens with zero attached hydrogens (tertiary/aromatic N) is 2. The number of carbonyl (C=O) groups excluding carboxylic acids is 2. The van der Waals surface area contributed by atoms with E-state index in [1.54, 1.807) is 48.5 Å². The number of hydrogen-bond acceptors (Lipinski definition) is 5. The Hall–Kier alpha value is -4.70. The highest BCUT2D eigenvalue weighted by molar-refractivity contribution is 7.92. The van der Waals surface area contributed by atoms with Crippen LogP contribution in [0.4, 0.5) is 10.1 Å². The molecule has 10 heteroatoms. The van der Waals surface area contributed by atoms with Gasteiger partial charge in [0, 0.05) is 31.1 Å². The molecule has 0 heterocycles. The zero-order valence-corrected chi connectivity index (χ0v) is 25.5. The molecule has 4 aromatic carbocycles. The quantitative estimate of drug-likeness (QED) is 0.210. The number of nitrogens with one attached hydrogen (secondary N) is 1. The fourth-order valence-corrected chi connectivity index (χ4v) is 6.17. The van der Waals surface area contributed by atoms with Crippen LogP contribution in [0, 0.1) is 5.82 Å². The molecule has 0 saturated carbocycles. The Morgan fingerprint density at radius 3 is 2.20 bits per heavy atom. The summed E-state index contributed by atoms with van der Waals surface area (Å²) in [5.74, 6) is -1.24. The predicted octanol–water partition coefficient (Wildman–Crippen LogP) is 5.20. The second-order valence-corrected chi connectivity index (χ2v) is 12.0. The molecule has 230 valence electrons. The van der Waals surface area contributed by atoms with Crippen LogP contribution in [0.15, 0.2) is 114 Å². The summed E-state index contributed by atoms with van der Waals surface area (Å²) >= 11 is 0. The molecule has 0 saturated heterocycles. The first kappa shape index (κ1) is 32.2. The topological polar surface area (TPSA) is 96.0 Å². The Kier molecular flexibility index (Phi) is 11.1. The number of hydrogen-bond donors (Lipinski definition) is 1. The number of rotatable bonds is 14. The molecule has 0 radical (unpaired) electrons. The monoisotopic (exact) mass is 617 g/mol. The van der Waals surface area contributed by atoms with E-state index in [1.807, 2.05) is 37.3 Å². The summed E-state index contributed by atoms with van der Waals surface area (Å²) in [4.78, 5) is 29.3. The van der Waals surface area contributed by atoms with Gasteiger partial charge in [-0.15, -0.1) is 0 Å². The first-order valence-corrected chi connectivity index (χ1v) is 15.7. The largest absolute Gasteiger partial charge is 0.497 e. The van der Waals surface area contributed by atoms with Crippen LogP contribution in [-0.4, -0.2) is 51.4 Å². The van der Waals surface area contributed by atoms with E-state index in [2.05, 4.69) is 5.32 Å². The Bertz CT molecular complexity index is 1650. The second-order valence-electron chi connectivity index (χ2n) is 10.1. The highest BCUT2D eigenvalue weighted by Gasteiger charge is 2.35. The smallest absolute Gasteiger partial charge is 0.264 e. The van der Waals surface area contributed by atoms with Gasteiger partial charge in [-0.2, -0.15) is 0 Å². The Labute approximate surface area is 258 Å². The zero-order chi connectivity index (χ0) is 31.5. The minimum Gasteiger partial charge on any atom is -0.497 e. The molecule has 0 aliphatic carbocycles. The van der Waals surface area contributed by atoms with E-state index in [9.17, 15) is 22.4 Å². The van der Waals surface area contributed by atoms with Gasteiger partial charge in [0.25, 0.3) is 10.0 Å². The first-order valence-electron chi connectivity index (χ1n) is 14.3. The molecule has 0 aliphatic rings. The Morgan fingerprint density at radius 1 is 0.886 bits per heavy atom. The average molecular weight is 618 g/mol. The molecule has 4 aromatic rings. The SMILES string of the molecule is CCCNC(=O)[C@H](Cc1ccccc1)N(Cc1ccccc1F)C(=O)CN(c1cccc(OC)c1)S(=O)(=O)c1ccccc1. The van der Waals surface area contributed by atoms with Gasteiger partial charge in [0.2, 0.25) is 11.8 Å². The maximum atomic E-state index is 15.0. The average Bonchev–Trinajstić information content (AvgIpc) is 3.05. The van der Waals surface area contributed by atoms with E-state index < -0.39 is 40.2 Å². The summed E-state index contributed by atoms with van der Waals surface area (Å²) in [6.45, 7) is 1.39. The van der Waals surface area contributed by atoms with Gasteiger partial charge in [-0.3, -0.25) is 13.9 Å². The van der Waals surface area contributed by atoms with Crippen LogP contribution in [0.2, 0.25) is 0 Å². The van der Waals surface area contributed by atoms with Crippen molar-refractivity contribution in [1.29, 1.82) is 0 Å². The van der Waals surface area contributed by atoms with Gasteiger partial charge in [0.1, 0.15) is 24.2 Å². The summed E-state index contributed by atoms with van der Waals surface area (Å²) in [5, 5.41) is 2.87. The van der Waals surface area contributed by atoms with Crippen LogP contribution in [0.5, 0.6) is 5.75 Å². The van der Waals surface area contributed by atoms with Crippen LogP contribution in [0.3, 0.4) is 0 Å². The lowest BCUT2D eigenvalue weighted by atomic mass is 10.0. The number of halogens is 1.